The lowest BCUT2D eigenvalue weighted by Gasteiger charge is -2.05. The molecule has 0 radical (unpaired) electrons. The van der Waals surface area contributed by atoms with Gasteiger partial charge in [0.25, 0.3) is 0 Å². The van der Waals surface area contributed by atoms with Gasteiger partial charge in [-0.3, -0.25) is 5.10 Å². The second kappa shape index (κ2) is 5.16. The van der Waals surface area contributed by atoms with Gasteiger partial charge in [-0.2, -0.15) is 5.10 Å². The molecular formula is C12H13N3O2. The summed E-state index contributed by atoms with van der Waals surface area (Å²) in [6.07, 6.45) is 1.45. The fraction of sp³-hybridized carbons (Fsp3) is 0.167. The predicted molar refractivity (Wildman–Crippen MR) is 64.3 cm³/mol. The molecule has 88 valence electrons. The van der Waals surface area contributed by atoms with Crippen molar-refractivity contribution in [2.24, 2.45) is 0 Å². The third kappa shape index (κ3) is 2.63. The molecule has 1 aromatic carbocycles. The van der Waals surface area contributed by atoms with Crippen LogP contribution in [0.3, 0.4) is 0 Å². The SMILES string of the molecule is CCOC(=O)c1cn[nH]c1Nc1ccccc1. The third-order valence-corrected chi connectivity index (χ3v) is 2.18. The van der Waals surface area contributed by atoms with Crippen LogP contribution in [0.5, 0.6) is 0 Å². The Labute approximate surface area is 98.8 Å². The summed E-state index contributed by atoms with van der Waals surface area (Å²) >= 11 is 0. The van der Waals surface area contributed by atoms with Crippen LogP contribution in [0.2, 0.25) is 0 Å². The van der Waals surface area contributed by atoms with E-state index in [4.69, 9.17) is 4.74 Å². The van der Waals surface area contributed by atoms with Crippen LogP contribution in [0.1, 0.15) is 17.3 Å². The summed E-state index contributed by atoms with van der Waals surface area (Å²) in [6.45, 7) is 2.11. The number of aromatic amines is 1. The standard InChI is InChI=1S/C12H13N3O2/c1-2-17-12(16)10-8-13-15-11(10)14-9-6-4-3-5-7-9/h3-8H,2H2,1H3,(H2,13,14,15). The Kier molecular flexibility index (Phi) is 3.40. The van der Waals surface area contributed by atoms with Gasteiger partial charge in [0.2, 0.25) is 0 Å². The van der Waals surface area contributed by atoms with Crippen molar-refractivity contribution in [1.82, 2.24) is 10.2 Å². The van der Waals surface area contributed by atoms with Gasteiger partial charge in [-0.25, -0.2) is 4.79 Å². The maximum Gasteiger partial charge on any atom is 0.343 e. The first-order valence-corrected chi connectivity index (χ1v) is 5.34. The van der Waals surface area contributed by atoms with E-state index in [1.165, 1.54) is 6.20 Å². The van der Waals surface area contributed by atoms with Crippen molar-refractivity contribution in [2.75, 3.05) is 11.9 Å². The number of carbonyl (C=O) groups is 1. The summed E-state index contributed by atoms with van der Waals surface area (Å²) in [5.74, 6) is 0.148. The van der Waals surface area contributed by atoms with Gasteiger partial charge < -0.3 is 10.1 Å². The van der Waals surface area contributed by atoms with Crippen molar-refractivity contribution in [3.8, 4) is 0 Å². The Morgan fingerprint density at radius 3 is 2.88 bits per heavy atom. The highest BCUT2D eigenvalue weighted by Crippen LogP contribution is 2.18. The highest BCUT2D eigenvalue weighted by Gasteiger charge is 2.14. The molecule has 0 saturated heterocycles. The van der Waals surface area contributed by atoms with Gasteiger partial charge in [-0.15, -0.1) is 0 Å². The minimum atomic E-state index is -0.389. The van der Waals surface area contributed by atoms with Crippen LogP contribution in [-0.2, 0) is 4.74 Å². The van der Waals surface area contributed by atoms with Crippen molar-refractivity contribution in [1.29, 1.82) is 0 Å². The van der Waals surface area contributed by atoms with E-state index in [0.29, 0.717) is 18.0 Å². The molecule has 0 amide bonds. The summed E-state index contributed by atoms with van der Waals surface area (Å²) in [5.41, 5.74) is 1.28. The number of para-hydroxylation sites is 1. The lowest BCUT2D eigenvalue weighted by molar-refractivity contribution is 0.0527. The lowest BCUT2D eigenvalue weighted by Crippen LogP contribution is -2.06. The second-order valence-electron chi connectivity index (χ2n) is 3.37. The normalized spacial score (nSPS) is 9.94. The number of nitrogens with zero attached hydrogens (tertiary/aromatic N) is 1. The van der Waals surface area contributed by atoms with E-state index in [1.54, 1.807) is 6.92 Å². The van der Waals surface area contributed by atoms with Gasteiger partial charge in [0, 0.05) is 5.69 Å². The summed E-state index contributed by atoms with van der Waals surface area (Å²) in [5, 5.41) is 9.64. The minimum absolute atomic E-state index is 0.342. The van der Waals surface area contributed by atoms with E-state index in [-0.39, 0.29) is 5.97 Å². The van der Waals surface area contributed by atoms with Crippen molar-refractivity contribution in [3.63, 3.8) is 0 Å². The Morgan fingerprint density at radius 1 is 1.41 bits per heavy atom. The van der Waals surface area contributed by atoms with Crippen LogP contribution in [0, 0.1) is 0 Å². The number of carbonyl (C=O) groups excluding carboxylic acids is 1. The first kappa shape index (κ1) is 11.2. The smallest absolute Gasteiger partial charge is 0.343 e. The van der Waals surface area contributed by atoms with E-state index >= 15 is 0 Å². The van der Waals surface area contributed by atoms with Gasteiger partial charge in [-0.05, 0) is 19.1 Å². The molecule has 5 nitrogen and oxygen atoms in total. The number of esters is 1. The maximum absolute atomic E-state index is 11.6. The predicted octanol–water partition coefficient (Wildman–Crippen LogP) is 2.33. The zero-order valence-corrected chi connectivity index (χ0v) is 9.43. The van der Waals surface area contributed by atoms with Crippen LogP contribution >= 0.6 is 0 Å². The highest BCUT2D eigenvalue weighted by atomic mass is 16.5. The number of H-pyrrole nitrogens is 1. The van der Waals surface area contributed by atoms with Gasteiger partial charge in [-0.1, -0.05) is 18.2 Å². The number of rotatable bonds is 4. The average Bonchev–Trinajstić information content (AvgIpc) is 2.79. The van der Waals surface area contributed by atoms with Crippen LogP contribution < -0.4 is 5.32 Å². The second-order valence-corrected chi connectivity index (χ2v) is 3.37. The number of benzene rings is 1. The van der Waals surface area contributed by atoms with Gasteiger partial charge >= 0.3 is 5.97 Å². The van der Waals surface area contributed by atoms with E-state index in [2.05, 4.69) is 15.5 Å². The van der Waals surface area contributed by atoms with Gasteiger partial charge in [0.15, 0.2) is 0 Å². The number of hydrogen-bond donors (Lipinski definition) is 2. The van der Waals surface area contributed by atoms with Crippen molar-refractivity contribution in [3.05, 3.63) is 42.1 Å². The molecule has 0 unspecified atom stereocenters. The van der Waals surface area contributed by atoms with Crippen LogP contribution in [0.15, 0.2) is 36.5 Å². The monoisotopic (exact) mass is 231 g/mol. The number of hydrogen-bond acceptors (Lipinski definition) is 4. The van der Waals surface area contributed by atoms with Gasteiger partial charge in [0.05, 0.1) is 12.8 Å². The van der Waals surface area contributed by atoms with Crippen molar-refractivity contribution in [2.45, 2.75) is 6.92 Å². The fourth-order valence-corrected chi connectivity index (χ4v) is 1.41. The maximum atomic E-state index is 11.6. The molecule has 0 bridgehead atoms. The van der Waals surface area contributed by atoms with Gasteiger partial charge in [0.1, 0.15) is 11.4 Å². The molecule has 0 aliphatic carbocycles. The third-order valence-electron chi connectivity index (χ3n) is 2.18. The van der Waals surface area contributed by atoms with Crippen LogP contribution in [-0.4, -0.2) is 22.8 Å². The molecule has 0 atom stereocenters. The molecule has 0 aliphatic rings. The Hall–Kier alpha value is -2.30. The molecule has 2 rings (SSSR count). The summed E-state index contributed by atoms with van der Waals surface area (Å²) in [4.78, 5) is 11.6. The quantitative estimate of drug-likeness (QED) is 0.792. The number of aromatic nitrogens is 2. The highest BCUT2D eigenvalue weighted by molar-refractivity contribution is 5.95. The van der Waals surface area contributed by atoms with Crippen molar-refractivity contribution < 1.29 is 9.53 Å². The average molecular weight is 231 g/mol. The molecule has 0 aliphatic heterocycles. The largest absolute Gasteiger partial charge is 0.462 e. The van der Waals surface area contributed by atoms with Crippen LogP contribution in [0.25, 0.3) is 0 Å². The molecule has 2 aromatic rings. The fourth-order valence-electron chi connectivity index (χ4n) is 1.41. The molecule has 1 aromatic heterocycles. The van der Waals surface area contributed by atoms with Crippen molar-refractivity contribution >= 4 is 17.5 Å². The van der Waals surface area contributed by atoms with E-state index in [9.17, 15) is 4.79 Å². The minimum Gasteiger partial charge on any atom is -0.462 e. The molecular weight excluding hydrogens is 218 g/mol. The summed E-state index contributed by atoms with van der Waals surface area (Å²) in [7, 11) is 0. The van der Waals surface area contributed by atoms with E-state index in [0.717, 1.165) is 5.69 Å². The topological polar surface area (TPSA) is 67.0 Å². The molecule has 2 N–H and O–H groups in total. The molecule has 5 heteroatoms. The van der Waals surface area contributed by atoms with E-state index in [1.807, 2.05) is 30.3 Å². The number of nitrogens with one attached hydrogen (secondary N) is 2. The number of ether oxygens (including phenoxy) is 1. The molecule has 1 heterocycles. The van der Waals surface area contributed by atoms with E-state index < -0.39 is 0 Å². The van der Waals surface area contributed by atoms with Crippen LogP contribution in [0.4, 0.5) is 11.5 Å². The summed E-state index contributed by atoms with van der Waals surface area (Å²) in [6, 6.07) is 9.53. The molecule has 0 fully saturated rings. The zero-order valence-electron chi connectivity index (χ0n) is 9.43. The Bertz CT molecular complexity index is 493. The number of anilines is 2. The first-order valence-electron chi connectivity index (χ1n) is 5.34. The Balaban J connectivity index is 2.17. The summed E-state index contributed by atoms with van der Waals surface area (Å²) < 4.78 is 4.93. The molecule has 0 saturated carbocycles. The first-order chi connectivity index (χ1) is 8.31. The molecule has 0 spiro atoms. The lowest BCUT2D eigenvalue weighted by atomic mass is 10.3. The molecule has 17 heavy (non-hydrogen) atoms. The Morgan fingerprint density at radius 2 is 2.18 bits per heavy atom. The zero-order chi connectivity index (χ0) is 12.1.